The third-order valence-electron chi connectivity index (χ3n) is 10.8. The topological polar surface area (TPSA) is 229 Å². The molecule has 0 saturated heterocycles. The third kappa shape index (κ3) is 9.14. The van der Waals surface area contributed by atoms with Crippen molar-refractivity contribution < 1.29 is 45.5 Å². The Labute approximate surface area is 367 Å². The van der Waals surface area contributed by atoms with E-state index in [1.807, 2.05) is 12.1 Å². The lowest BCUT2D eigenvalue weighted by atomic mass is 9.97. The maximum atomic E-state index is 13.1. The number of aromatic nitrogens is 1. The number of rotatable bonds is 8. The first kappa shape index (κ1) is 44.5. The molecule has 15 nitrogen and oxygen atoms in total. The van der Waals surface area contributed by atoms with E-state index in [0.717, 1.165) is 51.7 Å². The minimum absolute atomic E-state index is 0.0315. The van der Waals surface area contributed by atoms with Crippen LogP contribution in [0.4, 0.5) is 9.59 Å². The number of nitrogens with zero attached hydrogens (tertiary/aromatic N) is 2. The Morgan fingerprint density at radius 1 is 0.677 bits per heavy atom. The number of aromatic amines is 1. The second-order valence-electron chi connectivity index (χ2n) is 14.8. The van der Waals surface area contributed by atoms with Gasteiger partial charge in [0.2, 0.25) is 20.0 Å². The maximum absolute atomic E-state index is 13.1. The standard InChI is InChI=1S/C22H21ClN2O5S.C21H20ClN3O5S/c1-2-30-22(27)25-8-7-13-9-16-10-14(3-5-17(16)18(13)12-25)21(26)15-4-6-19(23)20(11-15)31(24,28)29;1-2-30-21(27)25-8-7-18-15(11-25)14-9-12(4-6-17(14)24-18)20(26)13-3-5-16(22)19(10-13)31(23,28)29/h3-6,10-11H,2,7-9,12H2,1H3,(H2,24,28,29);3-6,9-10,24H,2,7-8,11H2,1H3,(H2,23,28,29). The van der Waals surface area contributed by atoms with Gasteiger partial charge in [0.25, 0.3) is 0 Å². The van der Waals surface area contributed by atoms with Crippen LogP contribution in [0.25, 0.3) is 16.5 Å². The lowest BCUT2D eigenvalue weighted by Gasteiger charge is -2.27. The van der Waals surface area contributed by atoms with Crippen molar-refractivity contribution in [3.05, 3.63) is 133 Å². The predicted molar refractivity (Wildman–Crippen MR) is 232 cm³/mol. The number of sulfonamides is 2. The fraction of sp³-hybridized carbons (Fsp3) is 0.256. The molecule has 0 bridgehead atoms. The van der Waals surface area contributed by atoms with Crippen molar-refractivity contribution in [1.29, 1.82) is 0 Å². The van der Waals surface area contributed by atoms with Crippen LogP contribution in [0.5, 0.6) is 0 Å². The van der Waals surface area contributed by atoms with Crippen molar-refractivity contribution in [1.82, 2.24) is 14.8 Å². The summed E-state index contributed by atoms with van der Waals surface area (Å²) in [6.07, 6.45) is 1.46. The number of amides is 2. The molecule has 0 fully saturated rings. The number of H-pyrrole nitrogens is 1. The molecule has 5 aromatic rings. The first-order valence-corrected chi connectivity index (χ1v) is 23.3. The van der Waals surface area contributed by atoms with Crippen LogP contribution < -0.4 is 10.3 Å². The number of nitrogens with two attached hydrogens (primary N) is 2. The minimum Gasteiger partial charge on any atom is -0.450 e. The lowest BCUT2D eigenvalue weighted by Crippen LogP contribution is -2.36. The number of benzene rings is 4. The predicted octanol–water partition coefficient (Wildman–Crippen LogP) is 6.60. The van der Waals surface area contributed by atoms with E-state index >= 15 is 0 Å². The average molecular weight is 923 g/mol. The highest BCUT2D eigenvalue weighted by Gasteiger charge is 2.31. The van der Waals surface area contributed by atoms with Gasteiger partial charge in [-0.3, -0.25) is 9.59 Å². The van der Waals surface area contributed by atoms with Gasteiger partial charge in [0.05, 0.1) is 29.8 Å². The zero-order chi connectivity index (χ0) is 44.7. The Morgan fingerprint density at radius 2 is 1.18 bits per heavy atom. The number of halogens is 2. The van der Waals surface area contributed by atoms with Gasteiger partial charge in [-0.15, -0.1) is 0 Å². The zero-order valence-electron chi connectivity index (χ0n) is 33.5. The highest BCUT2D eigenvalue weighted by atomic mass is 35.5. The minimum atomic E-state index is -4.07. The monoisotopic (exact) mass is 921 g/mol. The van der Waals surface area contributed by atoms with Crippen LogP contribution in [-0.4, -0.2) is 88.2 Å². The van der Waals surface area contributed by atoms with Crippen LogP contribution in [-0.2, 0) is 48.9 Å². The number of ether oxygens (including phenoxy) is 2. The molecule has 19 heteroatoms. The summed E-state index contributed by atoms with van der Waals surface area (Å²) in [5, 5.41) is 11.1. The molecular formula is C43H41Cl2N5O10S2. The Hall–Kier alpha value is -5.56. The molecule has 62 heavy (non-hydrogen) atoms. The van der Waals surface area contributed by atoms with E-state index in [9.17, 15) is 36.0 Å². The second kappa shape index (κ2) is 17.7. The number of fused-ring (bicyclic) bond motifs is 5. The zero-order valence-corrected chi connectivity index (χ0v) is 36.6. The van der Waals surface area contributed by atoms with Crippen molar-refractivity contribution in [3.8, 4) is 0 Å². The summed E-state index contributed by atoms with van der Waals surface area (Å²) in [7, 11) is -8.11. The first-order chi connectivity index (χ1) is 29.4. The summed E-state index contributed by atoms with van der Waals surface area (Å²) in [5.41, 5.74) is 8.40. The van der Waals surface area contributed by atoms with Crippen LogP contribution in [0.2, 0.25) is 10.0 Å². The number of hydrogen-bond acceptors (Lipinski definition) is 10. The number of carbonyl (C=O) groups excluding carboxylic acids is 4. The van der Waals surface area contributed by atoms with Gasteiger partial charge in [-0.1, -0.05) is 40.9 Å². The molecule has 0 atom stereocenters. The summed E-state index contributed by atoms with van der Waals surface area (Å²) in [4.78, 5) is 56.4. The van der Waals surface area contributed by atoms with Crippen molar-refractivity contribution in [3.63, 3.8) is 0 Å². The van der Waals surface area contributed by atoms with E-state index in [0.29, 0.717) is 56.9 Å². The lowest BCUT2D eigenvalue weighted by molar-refractivity contribution is 0.102. The summed E-state index contributed by atoms with van der Waals surface area (Å²) in [6.45, 7) is 6.20. The molecule has 1 aromatic heterocycles. The summed E-state index contributed by atoms with van der Waals surface area (Å²) in [6, 6.07) is 18.6. The van der Waals surface area contributed by atoms with Gasteiger partial charge in [-0.25, -0.2) is 36.7 Å². The molecule has 2 amide bonds. The first-order valence-electron chi connectivity index (χ1n) is 19.4. The molecule has 3 aliphatic rings. The molecule has 5 N–H and O–H groups in total. The largest absolute Gasteiger partial charge is 0.450 e. The van der Waals surface area contributed by atoms with Crippen LogP contribution >= 0.6 is 23.2 Å². The molecule has 1 aliphatic carbocycles. The van der Waals surface area contributed by atoms with Crippen molar-refractivity contribution in [2.75, 3.05) is 32.8 Å². The van der Waals surface area contributed by atoms with Gasteiger partial charge in [0.15, 0.2) is 11.6 Å². The van der Waals surface area contributed by atoms with Gasteiger partial charge in [0.1, 0.15) is 9.79 Å². The fourth-order valence-electron chi connectivity index (χ4n) is 7.83. The van der Waals surface area contributed by atoms with Crippen LogP contribution in [0.3, 0.4) is 0 Å². The number of ketones is 2. The summed E-state index contributed by atoms with van der Waals surface area (Å²) < 4.78 is 57.1. The third-order valence-corrected chi connectivity index (χ3v) is 13.6. The highest BCUT2D eigenvalue weighted by Crippen LogP contribution is 2.39. The van der Waals surface area contributed by atoms with E-state index in [2.05, 4.69) is 4.98 Å². The normalized spacial score (nSPS) is 14.7. The molecule has 324 valence electrons. The van der Waals surface area contributed by atoms with Gasteiger partial charge in [-0.2, -0.15) is 0 Å². The quantitative estimate of drug-likeness (QED) is 0.141. The molecular weight excluding hydrogens is 882 g/mol. The van der Waals surface area contributed by atoms with Gasteiger partial charge >= 0.3 is 12.2 Å². The van der Waals surface area contributed by atoms with Crippen LogP contribution in [0, 0.1) is 0 Å². The Morgan fingerprint density at radius 3 is 1.74 bits per heavy atom. The molecule has 0 unspecified atom stereocenters. The van der Waals surface area contributed by atoms with Crippen LogP contribution in [0.1, 0.15) is 74.5 Å². The summed E-state index contributed by atoms with van der Waals surface area (Å²) >= 11 is 11.8. The smallest absolute Gasteiger partial charge is 0.410 e. The number of carbonyl (C=O) groups is 4. The van der Waals surface area contributed by atoms with E-state index < -0.39 is 20.0 Å². The number of hydrogen-bond donors (Lipinski definition) is 3. The van der Waals surface area contributed by atoms with Gasteiger partial charge in [0, 0.05) is 70.5 Å². The van der Waals surface area contributed by atoms with Crippen molar-refractivity contribution in [2.45, 2.75) is 49.4 Å². The Balaban J connectivity index is 0.000000186. The van der Waals surface area contributed by atoms with Crippen molar-refractivity contribution in [2.24, 2.45) is 10.3 Å². The maximum Gasteiger partial charge on any atom is 0.410 e. The van der Waals surface area contributed by atoms with E-state index in [1.165, 1.54) is 42.0 Å². The Bertz CT molecular complexity index is 2950. The molecule has 2 aliphatic heterocycles. The average Bonchev–Trinajstić information content (AvgIpc) is 3.79. The molecule has 3 heterocycles. The summed E-state index contributed by atoms with van der Waals surface area (Å²) in [5.74, 6) is -0.682. The van der Waals surface area contributed by atoms with E-state index in [4.69, 9.17) is 43.0 Å². The van der Waals surface area contributed by atoms with Gasteiger partial charge in [-0.05, 0) is 104 Å². The van der Waals surface area contributed by atoms with E-state index in [-0.39, 0.29) is 54.7 Å². The second-order valence-corrected chi connectivity index (χ2v) is 18.6. The van der Waals surface area contributed by atoms with E-state index in [1.54, 1.807) is 47.9 Å². The molecule has 0 saturated carbocycles. The molecule has 4 aromatic carbocycles. The van der Waals surface area contributed by atoms with Crippen molar-refractivity contribution >= 4 is 83.5 Å². The molecule has 8 rings (SSSR count). The van der Waals surface area contributed by atoms with Crippen LogP contribution in [0.15, 0.2) is 88.2 Å². The molecule has 0 spiro atoms. The molecule has 0 radical (unpaired) electrons. The fourth-order valence-corrected chi connectivity index (χ4v) is 9.98. The number of primary sulfonamides is 2. The SMILES string of the molecule is CCOC(=O)N1CCC2=C(C1)c1ccc(C(=O)c3ccc(Cl)c(S(N)(=O)=O)c3)cc1C2.CCOC(=O)N1CCc2[nH]c3ccc(C(=O)c4ccc(Cl)c(S(N)(=O)=O)c4)cc3c2C1. The van der Waals surface area contributed by atoms with Gasteiger partial charge < -0.3 is 24.3 Å². The highest BCUT2D eigenvalue weighted by molar-refractivity contribution is 7.89. The number of nitrogens with one attached hydrogen (secondary N) is 1. The Kier molecular flexibility index (Phi) is 12.7.